The summed E-state index contributed by atoms with van der Waals surface area (Å²) in [5.41, 5.74) is 2.06. The van der Waals surface area contributed by atoms with Gasteiger partial charge in [-0.25, -0.2) is 4.98 Å². The predicted molar refractivity (Wildman–Crippen MR) is 162 cm³/mol. The summed E-state index contributed by atoms with van der Waals surface area (Å²) in [4.78, 5) is 50.1. The number of pyridine rings is 1. The molecule has 0 unspecified atom stereocenters. The topological polar surface area (TPSA) is 137 Å². The van der Waals surface area contributed by atoms with Crippen molar-refractivity contribution in [2.24, 2.45) is 4.99 Å². The van der Waals surface area contributed by atoms with Crippen LogP contribution in [0.25, 0.3) is 17.0 Å². The van der Waals surface area contributed by atoms with Crippen LogP contribution in [0.3, 0.4) is 0 Å². The van der Waals surface area contributed by atoms with E-state index in [1.165, 1.54) is 13.3 Å². The lowest BCUT2D eigenvalue weighted by atomic mass is 10.1. The Morgan fingerprint density at radius 3 is 2.74 bits per heavy atom. The van der Waals surface area contributed by atoms with E-state index < -0.39 is 5.91 Å². The molecular weight excluding hydrogens is 548 g/mol. The number of nitrogens with zero attached hydrogens (tertiary/aromatic N) is 4. The molecule has 43 heavy (non-hydrogen) atoms. The molecule has 2 amide bonds. The Balaban J connectivity index is 1.19. The maximum atomic E-state index is 12.8. The van der Waals surface area contributed by atoms with E-state index in [4.69, 9.17) is 9.47 Å². The molecule has 1 aliphatic rings. The van der Waals surface area contributed by atoms with Crippen molar-refractivity contribution in [2.75, 3.05) is 32.1 Å². The second-order valence-electron chi connectivity index (χ2n) is 9.75. The summed E-state index contributed by atoms with van der Waals surface area (Å²) in [5, 5.41) is 6.96. The maximum Gasteiger partial charge on any atom is 0.281 e. The monoisotopic (exact) mass is 580 g/mol. The van der Waals surface area contributed by atoms with Crippen LogP contribution in [-0.2, 0) is 16.1 Å². The fourth-order valence-electron chi connectivity index (χ4n) is 4.69. The number of rotatable bonds is 12. The number of amides is 2. The molecule has 0 fully saturated rings. The molecule has 0 bridgehead atoms. The highest BCUT2D eigenvalue weighted by atomic mass is 16.5. The van der Waals surface area contributed by atoms with Gasteiger partial charge in [0.15, 0.2) is 17.3 Å². The number of methoxy groups -OCH3 is 1. The number of hydrogen-bond acceptors (Lipinski definition) is 8. The summed E-state index contributed by atoms with van der Waals surface area (Å²) in [6.45, 7) is 1.75. The smallest absolute Gasteiger partial charge is 0.281 e. The van der Waals surface area contributed by atoms with Crippen molar-refractivity contribution in [3.63, 3.8) is 0 Å². The fraction of sp³-hybridized carbons (Fsp3) is 0.250. The number of fused-ring (bicyclic) bond motifs is 3. The van der Waals surface area contributed by atoms with Crippen LogP contribution < -0.4 is 25.7 Å². The zero-order valence-electron chi connectivity index (χ0n) is 23.8. The highest BCUT2D eigenvalue weighted by molar-refractivity contribution is 5.97. The van der Waals surface area contributed by atoms with E-state index in [0.29, 0.717) is 48.5 Å². The lowest BCUT2D eigenvalue weighted by Crippen LogP contribution is -2.28. The van der Waals surface area contributed by atoms with E-state index in [-0.39, 0.29) is 36.9 Å². The molecule has 5 rings (SSSR count). The molecule has 2 aromatic heterocycles. The number of carbonyl (C=O) groups is 3. The van der Waals surface area contributed by atoms with Gasteiger partial charge in [0.2, 0.25) is 11.5 Å². The molecular formula is C32H32N6O5. The van der Waals surface area contributed by atoms with Gasteiger partial charge in [-0.3, -0.25) is 23.9 Å². The Hall–Kier alpha value is -5.32. The minimum Gasteiger partial charge on any atom is -0.491 e. The van der Waals surface area contributed by atoms with Gasteiger partial charge in [-0.05, 0) is 42.3 Å². The third-order valence-corrected chi connectivity index (χ3v) is 6.79. The highest BCUT2D eigenvalue weighted by Gasteiger charge is 2.21. The number of hydrogen-bond donors (Lipinski definition) is 2. The molecule has 4 aromatic rings. The minimum absolute atomic E-state index is 0.0198. The van der Waals surface area contributed by atoms with Gasteiger partial charge in [-0.15, -0.1) is 0 Å². The normalized spacial score (nSPS) is 12.6. The van der Waals surface area contributed by atoms with E-state index in [2.05, 4.69) is 25.6 Å². The number of ether oxygens (including phenoxy) is 2. The van der Waals surface area contributed by atoms with Crippen molar-refractivity contribution in [1.29, 1.82) is 0 Å². The lowest BCUT2D eigenvalue weighted by molar-refractivity contribution is -0.121. The predicted octanol–water partition coefficient (Wildman–Crippen LogP) is 3.55. The van der Waals surface area contributed by atoms with Gasteiger partial charge in [0.05, 0.1) is 19.2 Å². The van der Waals surface area contributed by atoms with Crippen LogP contribution in [0.5, 0.6) is 11.5 Å². The maximum absolute atomic E-state index is 12.8. The van der Waals surface area contributed by atoms with E-state index in [1.807, 2.05) is 41.0 Å². The zero-order valence-corrected chi connectivity index (χ0v) is 23.8. The molecule has 1 aliphatic heterocycles. The van der Waals surface area contributed by atoms with Gasteiger partial charge in [0.25, 0.3) is 5.91 Å². The summed E-state index contributed by atoms with van der Waals surface area (Å²) in [6.07, 6.45) is 7.38. The molecule has 11 heteroatoms. The quantitative estimate of drug-likeness (QED) is 0.192. The second-order valence-corrected chi connectivity index (χ2v) is 9.75. The SMILES string of the molecule is COc1c(OCCNC(=O)CCCC(=O)C=Cc2ccccc2)ccc2c3n(c(=NC(=O)c4cccnc4)nc12)CCN3. The number of aromatic nitrogens is 3. The summed E-state index contributed by atoms with van der Waals surface area (Å²) in [7, 11) is 1.52. The van der Waals surface area contributed by atoms with Crippen molar-refractivity contribution >= 4 is 40.4 Å². The minimum atomic E-state index is -0.448. The number of benzene rings is 2. The molecule has 0 atom stereocenters. The molecule has 3 heterocycles. The first-order chi connectivity index (χ1) is 21.0. The second kappa shape index (κ2) is 14.0. The van der Waals surface area contributed by atoms with Gasteiger partial charge in [-0.1, -0.05) is 36.4 Å². The Morgan fingerprint density at radius 2 is 1.95 bits per heavy atom. The van der Waals surface area contributed by atoms with Crippen molar-refractivity contribution in [1.82, 2.24) is 19.9 Å². The molecule has 220 valence electrons. The molecule has 0 spiro atoms. The van der Waals surface area contributed by atoms with Crippen LogP contribution in [0.15, 0.2) is 78.1 Å². The molecule has 0 radical (unpaired) electrons. The third kappa shape index (κ3) is 7.31. The highest BCUT2D eigenvalue weighted by Crippen LogP contribution is 2.37. The summed E-state index contributed by atoms with van der Waals surface area (Å²) < 4.78 is 13.5. The van der Waals surface area contributed by atoms with Crippen molar-refractivity contribution < 1.29 is 23.9 Å². The molecule has 0 saturated heterocycles. The first-order valence-electron chi connectivity index (χ1n) is 14.0. The standard InChI is InChI=1S/C32H32N6O5/c1-42-29-26(43-20-18-34-27(40)11-5-10-24(39)13-12-22-7-3-2-4-8-22)15-14-25-28(29)36-32(38-19-17-35-30(25)38)37-31(41)23-9-6-16-33-21-23/h2-4,6-9,12-16,21,35H,5,10-11,17-20H2,1H3,(H,34,40). The Morgan fingerprint density at radius 1 is 1.09 bits per heavy atom. The number of anilines is 1. The van der Waals surface area contributed by atoms with Crippen LogP contribution in [0.1, 0.15) is 35.2 Å². The van der Waals surface area contributed by atoms with Crippen LogP contribution >= 0.6 is 0 Å². The van der Waals surface area contributed by atoms with Gasteiger partial charge in [0.1, 0.15) is 17.9 Å². The van der Waals surface area contributed by atoms with Gasteiger partial charge >= 0.3 is 0 Å². The largest absolute Gasteiger partial charge is 0.491 e. The molecule has 11 nitrogen and oxygen atoms in total. The Kier molecular flexibility index (Phi) is 9.53. The molecule has 0 aliphatic carbocycles. The van der Waals surface area contributed by atoms with Crippen LogP contribution in [0, 0.1) is 0 Å². The zero-order chi connectivity index (χ0) is 30.0. The number of ketones is 1. The van der Waals surface area contributed by atoms with Gasteiger partial charge in [-0.2, -0.15) is 4.99 Å². The van der Waals surface area contributed by atoms with Crippen molar-refractivity contribution in [3.05, 3.63) is 89.8 Å². The lowest BCUT2D eigenvalue weighted by Gasteiger charge is -2.15. The van der Waals surface area contributed by atoms with E-state index >= 15 is 0 Å². The van der Waals surface area contributed by atoms with Crippen molar-refractivity contribution in [2.45, 2.75) is 25.8 Å². The van der Waals surface area contributed by atoms with Crippen LogP contribution in [0.2, 0.25) is 0 Å². The first kappa shape index (κ1) is 29.2. The van der Waals surface area contributed by atoms with Crippen LogP contribution in [0.4, 0.5) is 5.82 Å². The summed E-state index contributed by atoms with van der Waals surface area (Å²) >= 11 is 0. The Bertz CT molecular complexity index is 1720. The summed E-state index contributed by atoms with van der Waals surface area (Å²) in [5.74, 6) is 1.01. The molecule has 2 aromatic carbocycles. The number of carbonyl (C=O) groups excluding carboxylic acids is 3. The van der Waals surface area contributed by atoms with Gasteiger partial charge in [0, 0.05) is 43.7 Å². The summed E-state index contributed by atoms with van der Waals surface area (Å²) in [6, 6.07) is 16.6. The number of allylic oxidation sites excluding steroid dienone is 1. The number of nitrogens with one attached hydrogen (secondary N) is 2. The Labute approximate surface area is 248 Å². The third-order valence-electron chi connectivity index (χ3n) is 6.79. The average Bonchev–Trinajstić information content (AvgIpc) is 3.54. The van der Waals surface area contributed by atoms with E-state index in [9.17, 15) is 14.4 Å². The van der Waals surface area contributed by atoms with E-state index in [0.717, 1.165) is 16.8 Å². The van der Waals surface area contributed by atoms with E-state index in [1.54, 1.807) is 36.5 Å². The molecule has 2 N–H and O–H groups in total. The average molecular weight is 581 g/mol. The first-order valence-corrected chi connectivity index (χ1v) is 14.0. The van der Waals surface area contributed by atoms with Gasteiger partial charge < -0.3 is 20.1 Å². The van der Waals surface area contributed by atoms with Crippen LogP contribution in [-0.4, -0.2) is 58.9 Å². The fourth-order valence-corrected chi connectivity index (χ4v) is 4.69. The van der Waals surface area contributed by atoms with Crippen molar-refractivity contribution in [3.8, 4) is 11.5 Å². The molecule has 0 saturated carbocycles.